The highest BCUT2D eigenvalue weighted by atomic mass is 35.5. The minimum atomic E-state index is -0.234. The third kappa shape index (κ3) is 5.77. The smallest absolute Gasteiger partial charge is 0.240 e. The van der Waals surface area contributed by atoms with Crippen LogP contribution in [0.25, 0.3) is 0 Å². The summed E-state index contributed by atoms with van der Waals surface area (Å²) in [6.07, 6.45) is 1.50. The van der Waals surface area contributed by atoms with Crippen LogP contribution in [0.1, 0.15) is 12.6 Å². The lowest BCUT2D eigenvalue weighted by molar-refractivity contribution is -0.121. The molecule has 0 bridgehead atoms. The zero-order chi connectivity index (χ0) is 18.2. The first-order valence-corrected chi connectivity index (χ1v) is 9.00. The molecule has 2 aromatic rings. The van der Waals surface area contributed by atoms with Crippen LogP contribution < -0.4 is 10.6 Å². The fourth-order valence-corrected chi connectivity index (χ4v) is 3.08. The Morgan fingerprint density at radius 1 is 1.36 bits per heavy atom. The van der Waals surface area contributed by atoms with Crippen molar-refractivity contribution < 1.29 is 14.7 Å². The molecule has 0 aliphatic carbocycles. The summed E-state index contributed by atoms with van der Waals surface area (Å²) in [4.78, 5) is 28.0. The van der Waals surface area contributed by atoms with Crippen molar-refractivity contribution in [3.05, 3.63) is 41.2 Å². The highest BCUT2D eigenvalue weighted by Gasteiger charge is 2.14. The number of benzene rings is 1. The Morgan fingerprint density at radius 3 is 2.84 bits per heavy atom. The predicted octanol–water partition coefficient (Wildman–Crippen LogP) is 1.90. The van der Waals surface area contributed by atoms with E-state index in [4.69, 9.17) is 11.6 Å². The minimum Gasteiger partial charge on any atom is -0.390 e. The van der Waals surface area contributed by atoms with Gasteiger partial charge in [0.1, 0.15) is 6.54 Å². The maximum Gasteiger partial charge on any atom is 0.240 e. The summed E-state index contributed by atoms with van der Waals surface area (Å²) in [5.41, 5.74) is 1.13. The number of aliphatic hydroxyl groups is 1. The summed E-state index contributed by atoms with van der Waals surface area (Å²) in [7, 11) is 0. The van der Waals surface area contributed by atoms with Gasteiger partial charge >= 0.3 is 0 Å². The number of rotatable bonds is 8. The van der Waals surface area contributed by atoms with Crippen molar-refractivity contribution in [3.8, 4) is 0 Å². The lowest BCUT2D eigenvalue weighted by Crippen LogP contribution is -2.28. The van der Waals surface area contributed by atoms with Crippen molar-refractivity contribution in [1.29, 1.82) is 0 Å². The quantitative estimate of drug-likeness (QED) is 0.606. The van der Waals surface area contributed by atoms with Crippen molar-refractivity contribution in [2.75, 3.05) is 17.6 Å². The maximum absolute atomic E-state index is 12.1. The zero-order valence-electron chi connectivity index (χ0n) is 13.7. The van der Waals surface area contributed by atoms with Crippen molar-refractivity contribution in [3.63, 3.8) is 0 Å². The molecule has 134 valence electrons. The predicted molar refractivity (Wildman–Crippen MR) is 97.6 cm³/mol. The molecular formula is C16H19ClN4O3S. The van der Waals surface area contributed by atoms with Crippen LogP contribution in [0.4, 0.5) is 5.69 Å². The molecule has 2 rings (SSSR count). The third-order valence-electron chi connectivity index (χ3n) is 3.18. The van der Waals surface area contributed by atoms with E-state index in [1.165, 1.54) is 18.0 Å². The number of nitrogens with zero attached hydrogens (tertiary/aromatic N) is 2. The normalized spacial score (nSPS) is 10.5. The number of nitrogens with one attached hydrogen (secondary N) is 2. The number of anilines is 1. The van der Waals surface area contributed by atoms with Crippen molar-refractivity contribution in [2.24, 2.45) is 0 Å². The summed E-state index contributed by atoms with van der Waals surface area (Å²) in [6.45, 7) is 2.16. The topological polar surface area (TPSA) is 96.2 Å². The van der Waals surface area contributed by atoms with Gasteiger partial charge in [0.25, 0.3) is 0 Å². The van der Waals surface area contributed by atoms with Gasteiger partial charge in [-0.1, -0.05) is 29.4 Å². The number of carbonyl (C=O) groups is 2. The third-order valence-corrected chi connectivity index (χ3v) is 4.41. The number of likely N-dealkylation sites (N-methyl/N-ethyl adjacent to an activating group) is 1. The summed E-state index contributed by atoms with van der Waals surface area (Å²) in [5.74, 6) is -0.283. The van der Waals surface area contributed by atoms with Gasteiger partial charge in [0.05, 0.1) is 24.3 Å². The van der Waals surface area contributed by atoms with E-state index in [1.807, 2.05) is 6.92 Å². The van der Waals surface area contributed by atoms with E-state index in [0.29, 0.717) is 28.1 Å². The monoisotopic (exact) mass is 382 g/mol. The summed E-state index contributed by atoms with van der Waals surface area (Å²) in [5, 5.41) is 15.9. The van der Waals surface area contributed by atoms with Gasteiger partial charge in [-0.15, -0.1) is 0 Å². The number of imidazole rings is 1. The first-order valence-electron chi connectivity index (χ1n) is 7.63. The van der Waals surface area contributed by atoms with Crippen LogP contribution in [0.2, 0.25) is 5.02 Å². The lowest BCUT2D eigenvalue weighted by Gasteiger charge is -2.10. The van der Waals surface area contributed by atoms with Crippen LogP contribution in [-0.4, -0.2) is 38.8 Å². The second-order valence-electron chi connectivity index (χ2n) is 5.08. The van der Waals surface area contributed by atoms with Gasteiger partial charge in [-0.2, -0.15) is 0 Å². The molecule has 1 heterocycles. The number of aromatic nitrogens is 2. The van der Waals surface area contributed by atoms with E-state index in [0.717, 1.165) is 0 Å². The van der Waals surface area contributed by atoms with Gasteiger partial charge in [-0.05, 0) is 25.1 Å². The Hall–Kier alpha value is -2.03. The Labute approximate surface area is 154 Å². The van der Waals surface area contributed by atoms with Crippen LogP contribution in [0.15, 0.2) is 35.6 Å². The Balaban J connectivity index is 1.98. The number of amides is 2. The van der Waals surface area contributed by atoms with Crippen molar-refractivity contribution in [2.45, 2.75) is 25.2 Å². The van der Waals surface area contributed by atoms with Gasteiger partial charge in [0.2, 0.25) is 11.8 Å². The van der Waals surface area contributed by atoms with Crippen molar-refractivity contribution >= 4 is 40.9 Å². The van der Waals surface area contributed by atoms with Crippen LogP contribution >= 0.6 is 23.4 Å². The molecule has 7 nitrogen and oxygen atoms in total. The molecular weight excluding hydrogens is 364 g/mol. The van der Waals surface area contributed by atoms with Gasteiger partial charge in [0.15, 0.2) is 5.16 Å². The number of thioether (sulfide) groups is 1. The number of aliphatic hydroxyl groups excluding tert-OH is 1. The van der Waals surface area contributed by atoms with Crippen LogP contribution in [-0.2, 0) is 22.7 Å². The van der Waals surface area contributed by atoms with Gasteiger partial charge in [0, 0.05) is 17.3 Å². The van der Waals surface area contributed by atoms with Crippen LogP contribution in [0.3, 0.4) is 0 Å². The molecule has 0 aliphatic rings. The lowest BCUT2D eigenvalue weighted by atomic mass is 10.3. The van der Waals surface area contributed by atoms with Gasteiger partial charge < -0.3 is 20.3 Å². The van der Waals surface area contributed by atoms with Crippen LogP contribution in [0, 0.1) is 0 Å². The average molecular weight is 383 g/mol. The molecule has 25 heavy (non-hydrogen) atoms. The van der Waals surface area contributed by atoms with E-state index in [2.05, 4.69) is 15.6 Å². The Kier molecular flexibility index (Phi) is 7.30. The maximum atomic E-state index is 12.1. The molecule has 1 aromatic heterocycles. The molecule has 0 radical (unpaired) electrons. The second kappa shape index (κ2) is 9.45. The molecule has 3 N–H and O–H groups in total. The molecule has 0 saturated carbocycles. The fraction of sp³-hybridized carbons (Fsp3) is 0.312. The summed E-state index contributed by atoms with van der Waals surface area (Å²) in [6, 6.07) is 6.87. The molecule has 0 atom stereocenters. The van der Waals surface area contributed by atoms with Crippen molar-refractivity contribution in [1.82, 2.24) is 14.9 Å². The summed E-state index contributed by atoms with van der Waals surface area (Å²) < 4.78 is 1.60. The van der Waals surface area contributed by atoms with Gasteiger partial charge in [-0.25, -0.2) is 4.98 Å². The van der Waals surface area contributed by atoms with E-state index in [-0.39, 0.29) is 30.7 Å². The zero-order valence-corrected chi connectivity index (χ0v) is 15.2. The standard InChI is InChI=1S/C16H19ClN4O3S/c1-2-18-14(23)8-21-13(9-22)7-19-16(21)25-10-15(24)20-12-5-3-4-11(17)6-12/h3-7,22H,2,8-10H2,1H3,(H,18,23)(H,20,24). The Bertz CT molecular complexity index is 751. The fourth-order valence-electron chi connectivity index (χ4n) is 2.09. The molecule has 0 fully saturated rings. The molecule has 0 unspecified atom stereocenters. The first-order chi connectivity index (χ1) is 12.0. The molecule has 0 aliphatic heterocycles. The number of hydrogen-bond donors (Lipinski definition) is 3. The highest BCUT2D eigenvalue weighted by Crippen LogP contribution is 2.20. The Morgan fingerprint density at radius 2 is 2.16 bits per heavy atom. The second-order valence-corrected chi connectivity index (χ2v) is 6.46. The number of hydrogen-bond acceptors (Lipinski definition) is 5. The minimum absolute atomic E-state index is 0.0436. The van der Waals surface area contributed by atoms with Crippen LogP contribution in [0.5, 0.6) is 0 Å². The van der Waals surface area contributed by atoms with E-state index in [1.54, 1.807) is 28.8 Å². The van der Waals surface area contributed by atoms with Gasteiger partial charge in [-0.3, -0.25) is 9.59 Å². The summed E-state index contributed by atoms with van der Waals surface area (Å²) >= 11 is 7.07. The average Bonchev–Trinajstić information content (AvgIpc) is 2.95. The number of carbonyl (C=O) groups excluding carboxylic acids is 2. The van der Waals surface area contributed by atoms with E-state index in [9.17, 15) is 14.7 Å². The van der Waals surface area contributed by atoms with E-state index < -0.39 is 0 Å². The molecule has 0 spiro atoms. The van der Waals surface area contributed by atoms with E-state index >= 15 is 0 Å². The number of halogens is 1. The molecule has 0 saturated heterocycles. The largest absolute Gasteiger partial charge is 0.390 e. The first kappa shape index (κ1) is 19.3. The molecule has 1 aromatic carbocycles. The molecule has 2 amide bonds. The SMILES string of the molecule is CCNC(=O)Cn1c(CO)cnc1SCC(=O)Nc1cccc(Cl)c1. The highest BCUT2D eigenvalue weighted by molar-refractivity contribution is 7.99. The molecule has 9 heteroatoms.